The summed E-state index contributed by atoms with van der Waals surface area (Å²) in [6.45, 7) is 2.00. The minimum atomic E-state index is -0.650. The van der Waals surface area contributed by atoms with Gasteiger partial charge >= 0.3 is 11.7 Å². The maximum absolute atomic E-state index is 12.0. The summed E-state index contributed by atoms with van der Waals surface area (Å²) in [6, 6.07) is 6.24. The van der Waals surface area contributed by atoms with Gasteiger partial charge in [0.25, 0.3) is 5.56 Å². The Bertz CT molecular complexity index is 907. The van der Waals surface area contributed by atoms with Crippen molar-refractivity contribution in [2.45, 2.75) is 6.92 Å². The van der Waals surface area contributed by atoms with Crippen LogP contribution >= 0.6 is 0 Å². The van der Waals surface area contributed by atoms with Gasteiger partial charge in [0.1, 0.15) is 5.56 Å². The first-order valence-electron chi connectivity index (χ1n) is 7.17. The molecule has 8 heteroatoms. The van der Waals surface area contributed by atoms with Gasteiger partial charge in [-0.25, -0.2) is 9.59 Å². The third kappa shape index (κ3) is 3.27. The molecule has 1 aromatic carbocycles. The first-order chi connectivity index (χ1) is 11.4. The van der Waals surface area contributed by atoms with Gasteiger partial charge in [0.15, 0.2) is 0 Å². The molecular weight excluding hydrogens is 314 g/mol. The Labute approximate surface area is 137 Å². The van der Waals surface area contributed by atoms with E-state index in [1.54, 1.807) is 31.2 Å². The predicted molar refractivity (Wildman–Crippen MR) is 88.2 cm³/mol. The van der Waals surface area contributed by atoms with Gasteiger partial charge in [-0.05, 0) is 31.2 Å². The monoisotopic (exact) mass is 331 g/mol. The van der Waals surface area contributed by atoms with Gasteiger partial charge in [-0.15, -0.1) is 0 Å². The molecule has 0 spiro atoms. The number of ether oxygens (including phenoxy) is 1. The quantitative estimate of drug-likeness (QED) is 0.657. The molecule has 0 saturated heterocycles. The molecule has 0 atom stereocenters. The lowest BCUT2D eigenvalue weighted by atomic mass is 10.2. The Kier molecular flexibility index (Phi) is 4.98. The average Bonchev–Trinajstić information content (AvgIpc) is 2.59. The number of aromatic hydroxyl groups is 1. The highest BCUT2D eigenvalue weighted by Gasteiger charge is 2.13. The number of aliphatic imine (C=N–C) groups is 1. The third-order valence-electron chi connectivity index (χ3n) is 3.39. The molecule has 0 aliphatic carbocycles. The van der Waals surface area contributed by atoms with Crippen LogP contribution in [0.4, 0.5) is 5.69 Å². The van der Waals surface area contributed by atoms with Crippen LogP contribution in [0.1, 0.15) is 22.8 Å². The van der Waals surface area contributed by atoms with E-state index in [-0.39, 0.29) is 12.2 Å². The number of rotatable bonds is 4. The normalized spacial score (nSPS) is 11.0. The molecule has 0 radical (unpaired) electrons. The zero-order valence-electron chi connectivity index (χ0n) is 13.5. The molecule has 0 saturated carbocycles. The number of nitrogens with zero attached hydrogens (tertiary/aromatic N) is 3. The summed E-state index contributed by atoms with van der Waals surface area (Å²) < 4.78 is 6.71. The minimum absolute atomic E-state index is 0.103. The van der Waals surface area contributed by atoms with E-state index in [2.05, 4.69) is 4.99 Å². The van der Waals surface area contributed by atoms with Crippen molar-refractivity contribution in [3.05, 3.63) is 56.2 Å². The predicted octanol–water partition coefficient (Wildman–Crippen LogP) is 0.717. The summed E-state index contributed by atoms with van der Waals surface area (Å²) in [5.41, 5.74) is -0.528. The van der Waals surface area contributed by atoms with Crippen molar-refractivity contribution in [3.8, 4) is 5.88 Å². The van der Waals surface area contributed by atoms with E-state index in [0.717, 1.165) is 9.13 Å². The van der Waals surface area contributed by atoms with Crippen LogP contribution in [0.25, 0.3) is 0 Å². The third-order valence-corrected chi connectivity index (χ3v) is 3.39. The van der Waals surface area contributed by atoms with Crippen molar-refractivity contribution in [1.82, 2.24) is 9.13 Å². The second-order valence-corrected chi connectivity index (χ2v) is 4.97. The number of aromatic nitrogens is 2. The molecule has 0 fully saturated rings. The standard InChI is InChI=1S/C16H17N3O5/c1-4-24-15(22)10-5-7-11(8-6-10)17-9-12-13(20)18(2)16(23)19(3)14(12)21/h5-9,20H,4H2,1-3H3. The fourth-order valence-electron chi connectivity index (χ4n) is 2.01. The van der Waals surface area contributed by atoms with E-state index in [0.29, 0.717) is 11.3 Å². The largest absolute Gasteiger partial charge is 0.494 e. The molecule has 2 rings (SSSR count). The highest BCUT2D eigenvalue weighted by Crippen LogP contribution is 2.15. The first kappa shape index (κ1) is 17.2. The topological polar surface area (TPSA) is 103 Å². The van der Waals surface area contributed by atoms with Crippen LogP contribution in [0.15, 0.2) is 38.8 Å². The number of carbonyl (C=O) groups is 1. The van der Waals surface area contributed by atoms with Gasteiger partial charge in [0.05, 0.1) is 17.9 Å². The molecule has 8 nitrogen and oxygen atoms in total. The number of esters is 1. The molecule has 0 amide bonds. The van der Waals surface area contributed by atoms with Crippen LogP contribution in [0, 0.1) is 0 Å². The van der Waals surface area contributed by atoms with Crippen LogP contribution in [0.3, 0.4) is 0 Å². The molecular formula is C16H17N3O5. The van der Waals surface area contributed by atoms with Gasteiger partial charge < -0.3 is 9.84 Å². The van der Waals surface area contributed by atoms with Gasteiger partial charge in [-0.1, -0.05) is 0 Å². The maximum atomic E-state index is 12.0. The number of carbonyl (C=O) groups excluding carboxylic acids is 1. The van der Waals surface area contributed by atoms with E-state index in [1.165, 1.54) is 20.3 Å². The highest BCUT2D eigenvalue weighted by molar-refractivity contribution is 5.90. The summed E-state index contributed by atoms with van der Waals surface area (Å²) in [6.07, 6.45) is 1.18. The van der Waals surface area contributed by atoms with Gasteiger partial charge in [-0.2, -0.15) is 0 Å². The van der Waals surface area contributed by atoms with Crippen molar-refractivity contribution in [2.24, 2.45) is 19.1 Å². The van der Waals surface area contributed by atoms with E-state index in [1.807, 2.05) is 0 Å². The lowest BCUT2D eigenvalue weighted by Gasteiger charge is -2.07. The number of benzene rings is 1. The molecule has 126 valence electrons. The Morgan fingerprint density at radius 1 is 1.21 bits per heavy atom. The van der Waals surface area contributed by atoms with Crippen LogP contribution < -0.4 is 11.2 Å². The zero-order chi connectivity index (χ0) is 17.9. The number of hydrogen-bond acceptors (Lipinski definition) is 6. The second-order valence-electron chi connectivity index (χ2n) is 4.97. The summed E-state index contributed by atoms with van der Waals surface area (Å²) in [4.78, 5) is 39.4. The second kappa shape index (κ2) is 6.95. The van der Waals surface area contributed by atoms with Crippen LogP contribution in [-0.4, -0.2) is 33.0 Å². The zero-order valence-corrected chi connectivity index (χ0v) is 13.5. The molecule has 0 unspecified atom stereocenters. The van der Waals surface area contributed by atoms with Crippen molar-refractivity contribution in [3.63, 3.8) is 0 Å². The smallest absolute Gasteiger partial charge is 0.338 e. The molecule has 24 heavy (non-hydrogen) atoms. The van der Waals surface area contributed by atoms with E-state index >= 15 is 0 Å². The maximum Gasteiger partial charge on any atom is 0.338 e. The van der Waals surface area contributed by atoms with Crippen molar-refractivity contribution in [1.29, 1.82) is 0 Å². The molecule has 0 aliphatic rings. The van der Waals surface area contributed by atoms with Gasteiger partial charge in [0, 0.05) is 20.3 Å². The molecule has 1 heterocycles. The summed E-state index contributed by atoms with van der Waals surface area (Å²) in [5.74, 6) is -0.896. The Hall–Kier alpha value is -3.16. The molecule has 0 bridgehead atoms. The van der Waals surface area contributed by atoms with E-state index in [4.69, 9.17) is 4.74 Å². The van der Waals surface area contributed by atoms with Crippen molar-refractivity contribution < 1.29 is 14.6 Å². The Morgan fingerprint density at radius 3 is 2.42 bits per heavy atom. The number of hydrogen-bond donors (Lipinski definition) is 1. The molecule has 1 N–H and O–H groups in total. The van der Waals surface area contributed by atoms with Crippen molar-refractivity contribution in [2.75, 3.05) is 6.61 Å². The highest BCUT2D eigenvalue weighted by atomic mass is 16.5. The van der Waals surface area contributed by atoms with Crippen LogP contribution in [-0.2, 0) is 18.8 Å². The first-order valence-corrected chi connectivity index (χ1v) is 7.17. The molecule has 0 aliphatic heterocycles. The summed E-state index contributed by atoms with van der Waals surface area (Å²) in [5, 5.41) is 9.93. The fraction of sp³-hybridized carbons (Fsp3) is 0.250. The lowest BCUT2D eigenvalue weighted by molar-refractivity contribution is 0.0526. The van der Waals surface area contributed by atoms with Crippen molar-refractivity contribution >= 4 is 17.9 Å². The Morgan fingerprint density at radius 2 is 1.83 bits per heavy atom. The van der Waals surface area contributed by atoms with Gasteiger partial charge in [-0.3, -0.25) is 18.9 Å². The summed E-state index contributed by atoms with van der Waals surface area (Å²) in [7, 11) is 2.66. The SMILES string of the molecule is CCOC(=O)c1ccc(N=Cc2c(O)n(C)c(=O)n(C)c2=O)cc1. The van der Waals surface area contributed by atoms with Gasteiger partial charge in [0.2, 0.25) is 5.88 Å². The lowest BCUT2D eigenvalue weighted by Crippen LogP contribution is -2.38. The molecule has 1 aromatic heterocycles. The summed E-state index contributed by atoms with van der Waals surface area (Å²) >= 11 is 0. The van der Waals surface area contributed by atoms with Crippen LogP contribution in [0.2, 0.25) is 0 Å². The van der Waals surface area contributed by atoms with Crippen LogP contribution in [0.5, 0.6) is 5.88 Å². The Balaban J connectivity index is 2.34. The van der Waals surface area contributed by atoms with E-state index < -0.39 is 23.1 Å². The molecule has 2 aromatic rings. The van der Waals surface area contributed by atoms with E-state index in [9.17, 15) is 19.5 Å². The minimum Gasteiger partial charge on any atom is -0.494 e. The fourth-order valence-corrected chi connectivity index (χ4v) is 2.01. The average molecular weight is 331 g/mol.